The molecule has 0 fully saturated rings. The molecule has 0 heterocycles. The van der Waals surface area contributed by atoms with Gasteiger partial charge in [-0.25, -0.2) is 13.2 Å². The van der Waals surface area contributed by atoms with E-state index >= 15 is 0 Å². The molecular weight excluding hydrogens is 229 g/mol. The Morgan fingerprint density at radius 3 is 1.29 bits per heavy atom. The topological polar surface area (TPSA) is 0 Å². The minimum atomic E-state index is -2.32. The molecule has 0 amide bonds. The van der Waals surface area contributed by atoms with Crippen LogP contribution in [0.15, 0.2) is 37.2 Å². The second kappa shape index (κ2) is 7.88. The van der Waals surface area contributed by atoms with E-state index in [0.717, 1.165) is 0 Å². The first-order valence-electron chi connectivity index (χ1n) is 4.13. The summed E-state index contributed by atoms with van der Waals surface area (Å²) in [4.78, 5) is 0. The normalized spacial score (nSPS) is 17.1. The van der Waals surface area contributed by atoms with Crippen molar-refractivity contribution in [2.45, 2.75) is 18.1 Å². The van der Waals surface area contributed by atoms with Crippen molar-refractivity contribution in [2.24, 2.45) is 0 Å². The van der Waals surface area contributed by atoms with Crippen molar-refractivity contribution >= 4 is 18.5 Å². The summed E-state index contributed by atoms with van der Waals surface area (Å²) in [6.07, 6.45) is 5.08. The van der Waals surface area contributed by atoms with E-state index in [-0.39, 0.29) is 0 Å². The molecule has 0 saturated heterocycles. The molecule has 0 bridgehead atoms. The summed E-state index contributed by atoms with van der Waals surface area (Å²) in [5.74, 6) is 0. The number of hydrogen-bond acceptors (Lipinski definition) is 0. The van der Waals surface area contributed by atoms with E-state index in [2.05, 4.69) is 0 Å². The van der Waals surface area contributed by atoms with Gasteiger partial charge in [-0.1, -0.05) is 18.2 Å². The highest BCUT2D eigenvalue weighted by atomic mass is 35.6. The predicted octanol–water partition coefficient (Wildman–Crippen LogP) is 4.62. The van der Waals surface area contributed by atoms with Crippen LogP contribution >= 0.6 is 11.1 Å². The highest BCUT2D eigenvalue weighted by Gasteiger charge is 2.26. The van der Waals surface area contributed by atoms with Crippen molar-refractivity contribution in [3.05, 3.63) is 37.2 Å². The zero-order valence-corrected chi connectivity index (χ0v) is 9.35. The molecule has 0 unspecified atom stereocenters. The minimum Gasteiger partial charge on any atom is -0.216 e. The van der Waals surface area contributed by atoms with Crippen molar-refractivity contribution in [1.82, 2.24) is 0 Å². The predicted molar refractivity (Wildman–Crippen MR) is 56.8 cm³/mol. The van der Waals surface area contributed by atoms with Crippen LogP contribution in [0.5, 0.6) is 0 Å². The monoisotopic (exact) mass is 240 g/mol. The fraction of sp³-hybridized carbons (Fsp3) is 0.333. The van der Waals surface area contributed by atoms with Crippen LogP contribution in [-0.2, 0) is 0 Å². The lowest BCUT2D eigenvalue weighted by Crippen LogP contribution is -2.23. The lowest BCUT2D eigenvalue weighted by molar-refractivity contribution is 0.717. The lowest BCUT2D eigenvalue weighted by atomic mass is 10.7. The van der Waals surface area contributed by atoms with Crippen LogP contribution in [-0.4, -0.2) is 7.38 Å². The molecule has 0 spiro atoms. The molecular formula is C9H12ClF3Si. The van der Waals surface area contributed by atoms with Gasteiger partial charge in [-0.05, 0) is 18.1 Å². The summed E-state index contributed by atoms with van der Waals surface area (Å²) in [5, 5.41) is 0. The van der Waals surface area contributed by atoms with Gasteiger partial charge in [0.05, 0.1) is 19.0 Å². The minimum absolute atomic E-state index is 0.361. The molecule has 0 aliphatic heterocycles. The Hall–Kier alpha value is -0.483. The third-order valence-corrected chi connectivity index (χ3v) is 6.01. The molecule has 80 valence electrons. The van der Waals surface area contributed by atoms with E-state index in [1.165, 1.54) is 18.2 Å². The van der Waals surface area contributed by atoms with Gasteiger partial charge in [-0.15, -0.1) is 0 Å². The van der Waals surface area contributed by atoms with Crippen LogP contribution in [0.25, 0.3) is 0 Å². The van der Waals surface area contributed by atoms with E-state index in [1.807, 2.05) is 0 Å². The van der Waals surface area contributed by atoms with Crippen molar-refractivity contribution < 1.29 is 13.2 Å². The Balaban J connectivity index is 4.30. The summed E-state index contributed by atoms with van der Waals surface area (Å²) < 4.78 is 35.3. The molecule has 0 nitrogen and oxygen atoms in total. The SMILES string of the molecule is FC=CC[Si](Cl)(CC=CF)CC=CF. The van der Waals surface area contributed by atoms with E-state index in [4.69, 9.17) is 11.1 Å². The quantitative estimate of drug-likeness (QED) is 0.469. The van der Waals surface area contributed by atoms with E-state index in [1.54, 1.807) is 0 Å². The largest absolute Gasteiger partial charge is 0.216 e. The highest BCUT2D eigenvalue weighted by Crippen LogP contribution is 2.27. The highest BCUT2D eigenvalue weighted by molar-refractivity contribution is 7.21. The van der Waals surface area contributed by atoms with Gasteiger partial charge < -0.3 is 0 Å². The maximum absolute atomic E-state index is 11.8. The Morgan fingerprint density at radius 1 is 0.786 bits per heavy atom. The van der Waals surface area contributed by atoms with Crippen LogP contribution < -0.4 is 0 Å². The molecule has 0 aromatic heterocycles. The molecule has 0 radical (unpaired) electrons. The Bertz CT molecular complexity index is 190. The fourth-order valence-electron chi connectivity index (χ4n) is 1.02. The number of rotatable bonds is 6. The average molecular weight is 241 g/mol. The van der Waals surface area contributed by atoms with Gasteiger partial charge in [0.2, 0.25) is 0 Å². The number of hydrogen-bond donors (Lipinski definition) is 0. The summed E-state index contributed by atoms with van der Waals surface area (Å²) >= 11 is 6.16. The van der Waals surface area contributed by atoms with Gasteiger partial charge in [0, 0.05) is 0 Å². The third kappa shape index (κ3) is 6.04. The molecule has 14 heavy (non-hydrogen) atoms. The van der Waals surface area contributed by atoms with Gasteiger partial charge in [0.15, 0.2) is 7.38 Å². The van der Waals surface area contributed by atoms with Crippen molar-refractivity contribution in [3.63, 3.8) is 0 Å². The maximum Gasteiger partial charge on any atom is 0.167 e. The Kier molecular flexibility index (Phi) is 7.61. The van der Waals surface area contributed by atoms with Gasteiger partial charge in [0.1, 0.15) is 0 Å². The summed E-state index contributed by atoms with van der Waals surface area (Å²) in [6, 6.07) is 1.08. The first kappa shape index (κ1) is 13.5. The second-order valence-electron chi connectivity index (χ2n) is 2.85. The zero-order chi connectivity index (χ0) is 10.9. The maximum atomic E-state index is 11.8. The van der Waals surface area contributed by atoms with Gasteiger partial charge >= 0.3 is 0 Å². The number of halogens is 4. The van der Waals surface area contributed by atoms with E-state index in [0.29, 0.717) is 37.1 Å². The van der Waals surface area contributed by atoms with Crippen molar-refractivity contribution in [3.8, 4) is 0 Å². The van der Waals surface area contributed by atoms with E-state index < -0.39 is 7.38 Å². The van der Waals surface area contributed by atoms with Crippen LogP contribution in [0.2, 0.25) is 18.1 Å². The molecule has 0 N–H and O–H groups in total. The Morgan fingerprint density at radius 2 is 1.07 bits per heavy atom. The molecule has 0 aromatic rings. The molecule has 0 aromatic carbocycles. The second-order valence-corrected chi connectivity index (χ2v) is 8.78. The van der Waals surface area contributed by atoms with Crippen LogP contribution in [0.4, 0.5) is 13.2 Å². The van der Waals surface area contributed by atoms with Gasteiger partial charge in [0.25, 0.3) is 0 Å². The molecule has 0 aliphatic carbocycles. The molecule has 0 atom stereocenters. The zero-order valence-electron chi connectivity index (χ0n) is 7.60. The molecule has 0 saturated carbocycles. The fourth-order valence-corrected chi connectivity index (χ4v) is 3.85. The van der Waals surface area contributed by atoms with Crippen LogP contribution in [0.1, 0.15) is 0 Å². The summed E-state index contributed by atoms with van der Waals surface area (Å²) in [6.45, 7) is 0. The van der Waals surface area contributed by atoms with Crippen LogP contribution in [0, 0.1) is 0 Å². The first-order chi connectivity index (χ1) is 6.68. The summed E-state index contributed by atoms with van der Waals surface area (Å²) in [7, 11) is -2.32. The Labute approximate surface area is 87.5 Å². The van der Waals surface area contributed by atoms with Crippen molar-refractivity contribution in [1.29, 1.82) is 0 Å². The molecule has 5 heteroatoms. The smallest absolute Gasteiger partial charge is 0.167 e. The first-order valence-corrected chi connectivity index (χ1v) is 7.76. The molecule has 0 aliphatic rings. The summed E-state index contributed by atoms with van der Waals surface area (Å²) in [5.41, 5.74) is 0. The lowest BCUT2D eigenvalue weighted by Gasteiger charge is -2.18. The number of allylic oxidation sites excluding steroid dienone is 3. The van der Waals surface area contributed by atoms with Gasteiger partial charge in [-0.2, -0.15) is 11.1 Å². The van der Waals surface area contributed by atoms with E-state index in [9.17, 15) is 13.2 Å². The molecule has 0 rings (SSSR count). The standard InChI is InChI=1S/C9H12ClF3Si/c10-14(7-1-4-11,8-2-5-12)9-3-6-13/h1-6H,7-9H2. The van der Waals surface area contributed by atoms with Crippen molar-refractivity contribution in [2.75, 3.05) is 0 Å². The van der Waals surface area contributed by atoms with Crippen LogP contribution in [0.3, 0.4) is 0 Å². The third-order valence-electron chi connectivity index (χ3n) is 1.72. The van der Waals surface area contributed by atoms with Gasteiger partial charge in [-0.3, -0.25) is 0 Å². The average Bonchev–Trinajstić information content (AvgIpc) is 2.21.